The molecule has 1 heterocycles. The maximum absolute atomic E-state index is 13.5. The van der Waals surface area contributed by atoms with Crippen molar-refractivity contribution < 1.29 is 22.8 Å². The molecule has 2 N–H and O–H groups in total. The number of nitrogens with zero attached hydrogens (tertiary/aromatic N) is 2. The predicted octanol–water partition coefficient (Wildman–Crippen LogP) is 3.85. The summed E-state index contributed by atoms with van der Waals surface area (Å²) in [4.78, 5) is 28.3. The van der Waals surface area contributed by atoms with Crippen molar-refractivity contribution in [3.05, 3.63) is 64.7 Å². The molecular formula is C22H24F3N3O2. The van der Waals surface area contributed by atoms with Crippen LogP contribution in [-0.4, -0.2) is 42.4 Å². The van der Waals surface area contributed by atoms with Gasteiger partial charge in [-0.25, -0.2) is 0 Å². The van der Waals surface area contributed by atoms with Crippen molar-refractivity contribution in [1.82, 2.24) is 4.90 Å². The summed E-state index contributed by atoms with van der Waals surface area (Å²) in [5.74, 6) is -1.18. The van der Waals surface area contributed by atoms with Crippen LogP contribution in [0.5, 0.6) is 0 Å². The second-order valence-corrected chi connectivity index (χ2v) is 7.43. The Morgan fingerprint density at radius 1 is 1.10 bits per heavy atom. The molecule has 0 saturated carbocycles. The Hall–Kier alpha value is -3.03. The van der Waals surface area contributed by atoms with Crippen LogP contribution in [0.2, 0.25) is 0 Å². The van der Waals surface area contributed by atoms with Gasteiger partial charge in [-0.3, -0.25) is 9.59 Å². The lowest BCUT2D eigenvalue weighted by molar-refractivity contribution is -0.138. The zero-order chi connectivity index (χ0) is 22.1. The van der Waals surface area contributed by atoms with Gasteiger partial charge in [-0.2, -0.15) is 13.2 Å². The zero-order valence-electron chi connectivity index (χ0n) is 16.9. The number of para-hydroxylation sites is 1. The highest BCUT2D eigenvalue weighted by atomic mass is 19.4. The van der Waals surface area contributed by atoms with Crippen molar-refractivity contribution in [1.29, 1.82) is 0 Å². The quantitative estimate of drug-likeness (QED) is 0.819. The fraction of sp³-hybridized carbons (Fsp3) is 0.364. The Labute approximate surface area is 173 Å². The smallest absolute Gasteiger partial charge is 0.366 e. The molecule has 0 bridgehead atoms. The lowest BCUT2D eigenvalue weighted by atomic mass is 10.0. The van der Waals surface area contributed by atoms with Gasteiger partial charge in [0.2, 0.25) is 0 Å². The molecule has 0 aliphatic carbocycles. The average Bonchev–Trinajstić information content (AvgIpc) is 2.72. The number of carbonyl (C=O) groups excluding carboxylic acids is 2. The normalized spacial score (nSPS) is 17.2. The molecule has 2 amide bonds. The Bertz CT molecular complexity index is 959. The monoisotopic (exact) mass is 419 g/mol. The number of hydrogen-bond donors (Lipinski definition) is 1. The van der Waals surface area contributed by atoms with Gasteiger partial charge in [0.1, 0.15) is 0 Å². The van der Waals surface area contributed by atoms with Crippen molar-refractivity contribution in [3.63, 3.8) is 0 Å². The van der Waals surface area contributed by atoms with Crippen molar-refractivity contribution in [3.8, 4) is 0 Å². The molecule has 0 aromatic heterocycles. The van der Waals surface area contributed by atoms with E-state index in [2.05, 4.69) is 0 Å². The van der Waals surface area contributed by atoms with E-state index in [1.165, 1.54) is 17.0 Å². The summed E-state index contributed by atoms with van der Waals surface area (Å²) in [5, 5.41) is 0. The van der Waals surface area contributed by atoms with Crippen molar-refractivity contribution in [2.45, 2.75) is 32.5 Å². The van der Waals surface area contributed by atoms with Crippen LogP contribution in [0, 0.1) is 6.92 Å². The van der Waals surface area contributed by atoms with Crippen molar-refractivity contribution in [2.75, 3.05) is 24.5 Å². The number of hydrogen-bond acceptors (Lipinski definition) is 3. The number of anilines is 1. The molecule has 1 saturated heterocycles. The Morgan fingerprint density at radius 3 is 2.43 bits per heavy atom. The van der Waals surface area contributed by atoms with E-state index < -0.39 is 23.6 Å². The molecule has 0 unspecified atom stereocenters. The summed E-state index contributed by atoms with van der Waals surface area (Å²) in [6.45, 7) is 4.39. The fourth-order valence-electron chi connectivity index (χ4n) is 3.89. The average molecular weight is 419 g/mol. The van der Waals surface area contributed by atoms with E-state index in [1.54, 1.807) is 31.2 Å². The van der Waals surface area contributed by atoms with Crippen LogP contribution in [-0.2, 0) is 6.18 Å². The van der Waals surface area contributed by atoms with E-state index in [0.29, 0.717) is 29.8 Å². The predicted molar refractivity (Wildman–Crippen MR) is 108 cm³/mol. The van der Waals surface area contributed by atoms with Gasteiger partial charge in [-0.1, -0.05) is 30.7 Å². The molecule has 1 fully saturated rings. The van der Waals surface area contributed by atoms with E-state index >= 15 is 0 Å². The first-order valence-electron chi connectivity index (χ1n) is 9.76. The molecule has 5 nitrogen and oxygen atoms in total. The Kier molecular flexibility index (Phi) is 6.05. The van der Waals surface area contributed by atoms with Gasteiger partial charge in [-0.05, 0) is 37.6 Å². The number of piperazine rings is 1. The lowest BCUT2D eigenvalue weighted by Crippen LogP contribution is -2.55. The fourth-order valence-corrected chi connectivity index (χ4v) is 3.89. The minimum Gasteiger partial charge on any atom is -0.366 e. The second kappa shape index (κ2) is 8.38. The van der Waals surface area contributed by atoms with Gasteiger partial charge in [0.05, 0.1) is 16.7 Å². The minimum absolute atomic E-state index is 0.150. The lowest BCUT2D eigenvalue weighted by Gasteiger charge is -2.43. The molecule has 0 spiro atoms. The SMILES string of the molecule is CC[C@@H]1CN(C(=O)c2ccc(C)cc2C(F)(F)F)CCN1c1ccccc1C(N)=O. The largest absolute Gasteiger partial charge is 0.417 e. The third kappa shape index (κ3) is 4.27. The second-order valence-electron chi connectivity index (χ2n) is 7.43. The Balaban J connectivity index is 1.88. The molecule has 1 aliphatic rings. The highest BCUT2D eigenvalue weighted by Gasteiger charge is 2.38. The summed E-state index contributed by atoms with van der Waals surface area (Å²) in [7, 11) is 0. The maximum atomic E-state index is 13.5. The van der Waals surface area contributed by atoms with Crippen LogP contribution in [0.15, 0.2) is 42.5 Å². The first-order chi connectivity index (χ1) is 14.1. The van der Waals surface area contributed by atoms with Crippen LogP contribution >= 0.6 is 0 Å². The minimum atomic E-state index is -4.61. The molecule has 3 rings (SSSR count). The van der Waals surface area contributed by atoms with Crippen LogP contribution in [0.1, 0.15) is 45.2 Å². The van der Waals surface area contributed by atoms with Crippen LogP contribution < -0.4 is 10.6 Å². The highest BCUT2D eigenvalue weighted by Crippen LogP contribution is 2.34. The van der Waals surface area contributed by atoms with E-state index in [0.717, 1.165) is 6.07 Å². The number of primary amides is 1. The number of rotatable bonds is 4. The molecule has 160 valence electrons. The third-order valence-corrected chi connectivity index (χ3v) is 5.43. The molecule has 0 radical (unpaired) electrons. The van der Waals surface area contributed by atoms with Crippen LogP contribution in [0.25, 0.3) is 0 Å². The maximum Gasteiger partial charge on any atom is 0.417 e. The van der Waals surface area contributed by atoms with Crippen molar-refractivity contribution >= 4 is 17.5 Å². The summed E-state index contributed by atoms with van der Waals surface area (Å²) < 4.78 is 40.4. The molecule has 8 heteroatoms. The van der Waals surface area contributed by atoms with Crippen LogP contribution in [0.3, 0.4) is 0 Å². The molecule has 2 aromatic carbocycles. The van der Waals surface area contributed by atoms with Gasteiger partial charge < -0.3 is 15.5 Å². The number of halogens is 3. The number of amides is 2. The Morgan fingerprint density at radius 2 is 1.80 bits per heavy atom. The standard InChI is InChI=1S/C22H24F3N3O2/c1-3-15-13-27(10-11-28(15)19-7-5-4-6-17(19)20(26)29)21(30)16-9-8-14(2)12-18(16)22(23,24)25/h4-9,12,15H,3,10-11,13H2,1-2H3,(H2,26,29)/t15-/m1/s1. The van der Waals surface area contributed by atoms with Crippen molar-refractivity contribution in [2.24, 2.45) is 5.73 Å². The molecule has 2 aromatic rings. The number of aryl methyl sites for hydroxylation is 1. The van der Waals surface area contributed by atoms with E-state index in [1.807, 2.05) is 11.8 Å². The summed E-state index contributed by atoms with van der Waals surface area (Å²) in [5.41, 5.74) is 5.74. The molecule has 1 aliphatic heterocycles. The number of carbonyl (C=O) groups is 2. The summed E-state index contributed by atoms with van der Waals surface area (Å²) in [6, 6.07) is 10.6. The van der Waals surface area contributed by atoms with Gasteiger partial charge in [0.15, 0.2) is 0 Å². The van der Waals surface area contributed by atoms with Gasteiger partial charge in [0.25, 0.3) is 11.8 Å². The van der Waals surface area contributed by atoms with E-state index in [-0.39, 0.29) is 24.7 Å². The summed E-state index contributed by atoms with van der Waals surface area (Å²) in [6.07, 6.45) is -3.96. The number of nitrogens with two attached hydrogens (primary N) is 1. The van der Waals surface area contributed by atoms with E-state index in [4.69, 9.17) is 5.73 Å². The first kappa shape index (κ1) is 21.7. The topological polar surface area (TPSA) is 66.6 Å². The van der Waals surface area contributed by atoms with Gasteiger partial charge >= 0.3 is 6.18 Å². The van der Waals surface area contributed by atoms with Crippen LogP contribution in [0.4, 0.5) is 18.9 Å². The molecular weight excluding hydrogens is 395 g/mol. The van der Waals surface area contributed by atoms with E-state index in [9.17, 15) is 22.8 Å². The third-order valence-electron chi connectivity index (χ3n) is 5.43. The zero-order valence-corrected chi connectivity index (χ0v) is 16.9. The number of benzene rings is 2. The highest BCUT2D eigenvalue weighted by molar-refractivity contribution is 5.99. The summed E-state index contributed by atoms with van der Waals surface area (Å²) >= 11 is 0. The molecule has 1 atom stereocenters. The van der Waals surface area contributed by atoms with Gasteiger partial charge in [0, 0.05) is 31.4 Å². The van der Waals surface area contributed by atoms with Gasteiger partial charge in [-0.15, -0.1) is 0 Å². The molecule has 30 heavy (non-hydrogen) atoms. The number of alkyl halides is 3. The first-order valence-corrected chi connectivity index (χ1v) is 9.76.